The van der Waals surface area contributed by atoms with Crippen LogP contribution in [-0.4, -0.2) is 20.1 Å². The van der Waals surface area contributed by atoms with Crippen LogP contribution < -0.4 is 4.74 Å². The predicted octanol–water partition coefficient (Wildman–Crippen LogP) is 2.60. The normalized spacial score (nSPS) is 11.1. The molecular weight excluding hydrogens is 286 g/mol. The molecular formula is C13H12ClNO3S. The van der Waals surface area contributed by atoms with Gasteiger partial charge in [0.25, 0.3) is 9.05 Å². The van der Waals surface area contributed by atoms with E-state index < -0.39 is 9.05 Å². The summed E-state index contributed by atoms with van der Waals surface area (Å²) in [4.78, 5) is 0.0412. The standard InChI is InChI=1S/C13H12ClNO3S/c1-3-4-8-15-9-12(19(14,16)17)13-10(15)6-5-7-11(13)18-2/h5-7,9H,8H2,1-2H3. The van der Waals surface area contributed by atoms with Gasteiger partial charge in [-0.15, -0.1) is 5.92 Å². The molecule has 0 saturated carbocycles. The lowest BCUT2D eigenvalue weighted by Crippen LogP contribution is -1.93. The highest BCUT2D eigenvalue weighted by Crippen LogP contribution is 2.34. The van der Waals surface area contributed by atoms with E-state index in [0.29, 0.717) is 17.7 Å². The molecule has 0 bridgehead atoms. The van der Waals surface area contributed by atoms with E-state index in [1.54, 1.807) is 29.7 Å². The van der Waals surface area contributed by atoms with Gasteiger partial charge in [-0.05, 0) is 19.1 Å². The lowest BCUT2D eigenvalue weighted by molar-refractivity contribution is 0.419. The Morgan fingerprint density at radius 1 is 1.42 bits per heavy atom. The Kier molecular flexibility index (Phi) is 3.74. The van der Waals surface area contributed by atoms with Gasteiger partial charge in [-0.3, -0.25) is 0 Å². The second kappa shape index (κ2) is 5.16. The number of methoxy groups -OCH3 is 1. The summed E-state index contributed by atoms with van der Waals surface area (Å²) in [5.41, 5.74) is 0.723. The van der Waals surface area contributed by atoms with Crippen LogP contribution in [-0.2, 0) is 15.6 Å². The summed E-state index contributed by atoms with van der Waals surface area (Å²) in [6, 6.07) is 5.30. The van der Waals surface area contributed by atoms with Gasteiger partial charge in [0.1, 0.15) is 10.6 Å². The average Bonchev–Trinajstić information content (AvgIpc) is 2.75. The SMILES string of the molecule is CC#CCn1cc(S(=O)(=O)Cl)c2c(OC)cccc21. The second-order valence-electron chi connectivity index (χ2n) is 3.84. The third-order valence-corrected chi connectivity index (χ3v) is 4.08. The van der Waals surface area contributed by atoms with Gasteiger partial charge in [0.2, 0.25) is 0 Å². The van der Waals surface area contributed by atoms with Crippen molar-refractivity contribution in [3.05, 3.63) is 24.4 Å². The van der Waals surface area contributed by atoms with E-state index in [1.807, 2.05) is 0 Å². The molecule has 0 amide bonds. The highest BCUT2D eigenvalue weighted by atomic mass is 35.7. The minimum absolute atomic E-state index is 0.0412. The van der Waals surface area contributed by atoms with Crippen LogP contribution >= 0.6 is 10.7 Å². The zero-order chi connectivity index (χ0) is 14.0. The van der Waals surface area contributed by atoms with Gasteiger partial charge in [-0.25, -0.2) is 8.42 Å². The Balaban J connectivity index is 2.83. The lowest BCUT2D eigenvalue weighted by atomic mass is 10.2. The van der Waals surface area contributed by atoms with Crippen molar-refractivity contribution < 1.29 is 13.2 Å². The topological polar surface area (TPSA) is 48.3 Å². The Morgan fingerprint density at radius 2 is 2.16 bits per heavy atom. The molecule has 2 aromatic rings. The molecule has 0 aliphatic rings. The first-order valence-corrected chi connectivity index (χ1v) is 7.80. The van der Waals surface area contributed by atoms with E-state index in [-0.39, 0.29) is 4.90 Å². The van der Waals surface area contributed by atoms with Crippen LogP contribution in [0, 0.1) is 11.8 Å². The molecule has 1 aromatic carbocycles. The highest BCUT2D eigenvalue weighted by molar-refractivity contribution is 8.14. The first-order chi connectivity index (χ1) is 8.99. The van der Waals surface area contributed by atoms with Crippen LogP contribution in [0.1, 0.15) is 6.92 Å². The maximum absolute atomic E-state index is 11.7. The summed E-state index contributed by atoms with van der Waals surface area (Å²) in [7, 11) is 3.13. The van der Waals surface area contributed by atoms with Crippen molar-refractivity contribution in [3.63, 3.8) is 0 Å². The lowest BCUT2D eigenvalue weighted by Gasteiger charge is -2.04. The molecule has 100 valence electrons. The van der Waals surface area contributed by atoms with Crippen molar-refractivity contribution in [1.29, 1.82) is 0 Å². The summed E-state index contributed by atoms with van der Waals surface area (Å²) in [6.45, 7) is 2.12. The molecule has 0 unspecified atom stereocenters. The molecule has 0 radical (unpaired) electrons. The number of ether oxygens (including phenoxy) is 1. The third kappa shape index (κ3) is 2.55. The van der Waals surface area contributed by atoms with Crippen molar-refractivity contribution in [2.24, 2.45) is 0 Å². The Hall–Kier alpha value is -1.64. The Bertz CT molecular complexity index is 781. The minimum Gasteiger partial charge on any atom is -0.496 e. The minimum atomic E-state index is -3.84. The van der Waals surface area contributed by atoms with Gasteiger partial charge >= 0.3 is 0 Å². The maximum atomic E-state index is 11.7. The van der Waals surface area contributed by atoms with Crippen molar-refractivity contribution in [2.45, 2.75) is 18.4 Å². The van der Waals surface area contributed by atoms with Crippen LogP contribution in [0.15, 0.2) is 29.3 Å². The van der Waals surface area contributed by atoms with E-state index in [2.05, 4.69) is 11.8 Å². The zero-order valence-corrected chi connectivity index (χ0v) is 12.0. The summed E-state index contributed by atoms with van der Waals surface area (Å²) >= 11 is 0. The highest BCUT2D eigenvalue weighted by Gasteiger charge is 2.21. The van der Waals surface area contributed by atoms with Gasteiger partial charge in [-0.2, -0.15) is 0 Å². The van der Waals surface area contributed by atoms with Crippen LogP contribution in [0.3, 0.4) is 0 Å². The molecule has 0 fully saturated rings. The predicted molar refractivity (Wildman–Crippen MR) is 75.0 cm³/mol. The fourth-order valence-corrected chi connectivity index (χ4v) is 2.99. The fourth-order valence-electron chi connectivity index (χ4n) is 1.93. The molecule has 6 heteroatoms. The van der Waals surface area contributed by atoms with Gasteiger partial charge in [-0.1, -0.05) is 12.0 Å². The number of halogens is 1. The number of rotatable bonds is 3. The van der Waals surface area contributed by atoms with Crippen molar-refractivity contribution in [3.8, 4) is 17.6 Å². The Morgan fingerprint density at radius 3 is 2.74 bits per heavy atom. The second-order valence-corrected chi connectivity index (χ2v) is 6.37. The van der Waals surface area contributed by atoms with Crippen LogP contribution in [0.4, 0.5) is 0 Å². The molecule has 4 nitrogen and oxygen atoms in total. The van der Waals surface area contributed by atoms with Crippen LogP contribution in [0.25, 0.3) is 10.9 Å². The van der Waals surface area contributed by atoms with Crippen LogP contribution in [0.5, 0.6) is 5.75 Å². The largest absolute Gasteiger partial charge is 0.496 e. The molecule has 2 rings (SSSR count). The summed E-state index contributed by atoms with van der Waals surface area (Å²) in [5.74, 6) is 6.14. The molecule has 0 aliphatic carbocycles. The average molecular weight is 298 g/mol. The number of nitrogens with zero attached hydrogens (tertiary/aromatic N) is 1. The summed E-state index contributed by atoms with van der Waals surface area (Å²) < 4.78 is 30.3. The number of fused-ring (bicyclic) bond motifs is 1. The van der Waals surface area contributed by atoms with E-state index in [4.69, 9.17) is 15.4 Å². The number of benzene rings is 1. The van der Waals surface area contributed by atoms with Gasteiger partial charge in [0, 0.05) is 16.9 Å². The quantitative estimate of drug-likeness (QED) is 0.646. The maximum Gasteiger partial charge on any atom is 0.263 e. The number of hydrogen-bond donors (Lipinski definition) is 0. The van der Waals surface area contributed by atoms with Gasteiger partial charge in [0.05, 0.1) is 24.6 Å². The van der Waals surface area contributed by atoms with Gasteiger partial charge in [0.15, 0.2) is 0 Å². The molecule has 1 aromatic heterocycles. The fraction of sp³-hybridized carbons (Fsp3) is 0.231. The first kappa shape index (κ1) is 13.8. The first-order valence-electron chi connectivity index (χ1n) is 5.49. The van der Waals surface area contributed by atoms with Crippen molar-refractivity contribution >= 4 is 30.6 Å². The molecule has 0 atom stereocenters. The molecule has 19 heavy (non-hydrogen) atoms. The van der Waals surface area contributed by atoms with E-state index >= 15 is 0 Å². The third-order valence-electron chi connectivity index (χ3n) is 2.74. The van der Waals surface area contributed by atoms with Crippen molar-refractivity contribution in [2.75, 3.05) is 7.11 Å². The number of hydrogen-bond acceptors (Lipinski definition) is 3. The molecule has 1 heterocycles. The molecule has 0 spiro atoms. The summed E-state index contributed by atoms with van der Waals surface area (Å²) in [6.07, 6.45) is 1.49. The monoisotopic (exact) mass is 297 g/mol. The number of aromatic nitrogens is 1. The molecule has 0 N–H and O–H groups in total. The summed E-state index contributed by atoms with van der Waals surface area (Å²) in [5, 5.41) is 0.484. The molecule has 0 saturated heterocycles. The van der Waals surface area contributed by atoms with E-state index in [1.165, 1.54) is 13.3 Å². The van der Waals surface area contributed by atoms with E-state index in [9.17, 15) is 8.42 Å². The van der Waals surface area contributed by atoms with Crippen LogP contribution in [0.2, 0.25) is 0 Å². The smallest absolute Gasteiger partial charge is 0.263 e. The van der Waals surface area contributed by atoms with Gasteiger partial charge < -0.3 is 9.30 Å². The Labute approximate surface area is 116 Å². The zero-order valence-electron chi connectivity index (χ0n) is 10.5. The van der Waals surface area contributed by atoms with E-state index in [0.717, 1.165) is 5.52 Å². The van der Waals surface area contributed by atoms with Crippen molar-refractivity contribution in [1.82, 2.24) is 4.57 Å². The molecule has 0 aliphatic heterocycles.